The molecule has 166 valence electrons. The second-order valence-electron chi connectivity index (χ2n) is 7.32. The topological polar surface area (TPSA) is 130 Å². The summed E-state index contributed by atoms with van der Waals surface area (Å²) in [5, 5.41) is 14.0. The Bertz CT molecular complexity index is 948. The number of benzene rings is 1. The van der Waals surface area contributed by atoms with E-state index in [4.69, 9.17) is 14.2 Å². The van der Waals surface area contributed by atoms with Crippen LogP contribution in [0, 0.1) is 10.1 Å². The van der Waals surface area contributed by atoms with Crippen LogP contribution in [0.15, 0.2) is 47.2 Å². The van der Waals surface area contributed by atoms with Crippen molar-refractivity contribution in [3.05, 3.63) is 62.9 Å². The Morgan fingerprint density at radius 2 is 1.84 bits per heavy atom. The van der Waals surface area contributed by atoms with E-state index in [-0.39, 0.29) is 10.2 Å². The van der Waals surface area contributed by atoms with E-state index in [1.807, 2.05) is 0 Å². The molecule has 0 spiro atoms. The van der Waals surface area contributed by atoms with Gasteiger partial charge in [-0.1, -0.05) is 30.3 Å². The molecular formula is C20H22BrN3O7. The molecule has 1 aromatic heterocycles. The van der Waals surface area contributed by atoms with E-state index in [0.29, 0.717) is 5.56 Å². The number of methoxy groups -OCH3 is 1. The SMILES string of the molecule is COC(=O)[C@@H](Oc1c(Br)cncc1[N+](=O)[O-])[C@H](NC(=O)OC(C)(C)C)c1ccccc1. The van der Waals surface area contributed by atoms with Gasteiger partial charge in [0.15, 0.2) is 0 Å². The van der Waals surface area contributed by atoms with Crippen molar-refractivity contribution in [1.29, 1.82) is 0 Å². The second kappa shape index (κ2) is 10.2. The number of nitrogens with zero attached hydrogens (tertiary/aromatic N) is 2. The van der Waals surface area contributed by atoms with Crippen LogP contribution in [0.25, 0.3) is 0 Å². The number of nitro groups is 1. The lowest BCUT2D eigenvalue weighted by Crippen LogP contribution is -2.45. The number of hydrogen-bond acceptors (Lipinski definition) is 8. The lowest BCUT2D eigenvalue weighted by molar-refractivity contribution is -0.386. The molecule has 0 fully saturated rings. The first-order valence-corrected chi connectivity index (χ1v) is 9.89. The summed E-state index contributed by atoms with van der Waals surface area (Å²) >= 11 is 3.15. The van der Waals surface area contributed by atoms with Crippen molar-refractivity contribution >= 4 is 33.7 Å². The standard InChI is InChI=1S/C20H22BrN3O7/c1-20(2,3)31-19(26)23-15(12-8-6-5-7-9-12)17(18(25)29-4)30-16-13(21)10-22-11-14(16)24(27)28/h5-11,15,17H,1-4H3,(H,23,26)/t15-,17+/m1/s1. The number of rotatable bonds is 7. The Hall–Kier alpha value is -3.21. The molecule has 1 heterocycles. The number of halogens is 1. The van der Waals surface area contributed by atoms with E-state index < -0.39 is 40.4 Å². The third-order valence-corrected chi connectivity index (χ3v) is 4.41. The molecule has 0 unspecified atom stereocenters. The number of esters is 1. The molecule has 0 bridgehead atoms. The fourth-order valence-electron chi connectivity index (χ4n) is 2.58. The number of ether oxygens (including phenoxy) is 3. The van der Waals surface area contributed by atoms with Gasteiger partial charge in [-0.25, -0.2) is 9.59 Å². The molecule has 0 saturated heterocycles. The summed E-state index contributed by atoms with van der Waals surface area (Å²) in [5.74, 6) is -1.09. The summed E-state index contributed by atoms with van der Waals surface area (Å²) in [5.41, 5.74) is -0.760. The first kappa shape index (κ1) is 24.1. The van der Waals surface area contributed by atoms with Gasteiger partial charge in [-0.2, -0.15) is 0 Å². The zero-order valence-electron chi connectivity index (χ0n) is 17.3. The van der Waals surface area contributed by atoms with Gasteiger partial charge in [0.1, 0.15) is 17.8 Å². The van der Waals surface area contributed by atoms with Crippen LogP contribution in [0.3, 0.4) is 0 Å². The van der Waals surface area contributed by atoms with E-state index >= 15 is 0 Å². The lowest BCUT2D eigenvalue weighted by atomic mass is 10.0. The van der Waals surface area contributed by atoms with E-state index in [9.17, 15) is 19.7 Å². The summed E-state index contributed by atoms with van der Waals surface area (Å²) in [6.45, 7) is 5.07. The maximum atomic E-state index is 12.7. The van der Waals surface area contributed by atoms with E-state index in [0.717, 1.165) is 13.3 Å². The van der Waals surface area contributed by atoms with Gasteiger partial charge in [0.2, 0.25) is 11.9 Å². The highest BCUT2D eigenvalue weighted by Gasteiger charge is 2.37. The summed E-state index contributed by atoms with van der Waals surface area (Å²) in [7, 11) is 1.14. The van der Waals surface area contributed by atoms with Crippen molar-refractivity contribution in [2.45, 2.75) is 38.5 Å². The zero-order chi connectivity index (χ0) is 23.2. The van der Waals surface area contributed by atoms with Crippen LogP contribution in [0.5, 0.6) is 5.75 Å². The van der Waals surface area contributed by atoms with Crippen LogP contribution in [-0.2, 0) is 14.3 Å². The van der Waals surface area contributed by atoms with E-state index in [1.165, 1.54) is 6.20 Å². The summed E-state index contributed by atoms with van der Waals surface area (Å²) in [4.78, 5) is 39.6. The van der Waals surface area contributed by atoms with Crippen LogP contribution in [0.4, 0.5) is 10.5 Å². The molecule has 0 aliphatic rings. The largest absolute Gasteiger partial charge is 0.468 e. The Labute approximate surface area is 187 Å². The molecule has 0 radical (unpaired) electrons. The third-order valence-electron chi connectivity index (χ3n) is 3.84. The van der Waals surface area contributed by atoms with Gasteiger partial charge in [0.25, 0.3) is 0 Å². The predicted molar refractivity (Wildman–Crippen MR) is 114 cm³/mol. The van der Waals surface area contributed by atoms with Crippen molar-refractivity contribution in [2.24, 2.45) is 0 Å². The number of aromatic nitrogens is 1. The average Bonchev–Trinajstić information content (AvgIpc) is 2.70. The number of alkyl carbamates (subject to hydrolysis) is 1. The molecule has 0 aliphatic heterocycles. The van der Waals surface area contributed by atoms with Crippen LogP contribution in [0.2, 0.25) is 0 Å². The Morgan fingerprint density at radius 3 is 2.39 bits per heavy atom. The van der Waals surface area contributed by atoms with Gasteiger partial charge in [-0.3, -0.25) is 15.1 Å². The van der Waals surface area contributed by atoms with Gasteiger partial charge >= 0.3 is 17.7 Å². The number of pyridine rings is 1. The minimum absolute atomic E-state index is 0.152. The summed E-state index contributed by atoms with van der Waals surface area (Å²) in [6.07, 6.45) is 0.00223. The minimum Gasteiger partial charge on any atom is -0.468 e. The van der Waals surface area contributed by atoms with Crippen LogP contribution in [-0.4, -0.2) is 40.8 Å². The fraction of sp³-hybridized carbons (Fsp3) is 0.350. The Balaban J connectivity index is 2.51. The van der Waals surface area contributed by atoms with Crippen molar-refractivity contribution in [3.63, 3.8) is 0 Å². The first-order chi connectivity index (χ1) is 14.5. The molecule has 1 aromatic carbocycles. The molecular weight excluding hydrogens is 474 g/mol. The quantitative estimate of drug-likeness (QED) is 0.347. The predicted octanol–water partition coefficient (Wildman–Crippen LogP) is 3.94. The lowest BCUT2D eigenvalue weighted by Gasteiger charge is -2.28. The zero-order valence-corrected chi connectivity index (χ0v) is 18.9. The molecule has 2 aromatic rings. The summed E-state index contributed by atoms with van der Waals surface area (Å²) < 4.78 is 16.1. The van der Waals surface area contributed by atoms with E-state index in [1.54, 1.807) is 51.1 Å². The fourth-order valence-corrected chi connectivity index (χ4v) is 3.00. The van der Waals surface area contributed by atoms with Crippen molar-refractivity contribution in [2.75, 3.05) is 7.11 Å². The van der Waals surface area contributed by atoms with Crippen LogP contribution >= 0.6 is 15.9 Å². The van der Waals surface area contributed by atoms with Gasteiger partial charge in [-0.05, 0) is 42.3 Å². The van der Waals surface area contributed by atoms with Gasteiger partial charge in [0.05, 0.1) is 16.5 Å². The second-order valence-corrected chi connectivity index (χ2v) is 8.18. The molecule has 0 aliphatic carbocycles. The highest BCUT2D eigenvalue weighted by Crippen LogP contribution is 2.36. The van der Waals surface area contributed by atoms with Crippen molar-refractivity contribution < 1.29 is 28.7 Å². The number of nitrogens with one attached hydrogen (secondary N) is 1. The van der Waals surface area contributed by atoms with Crippen molar-refractivity contribution in [3.8, 4) is 5.75 Å². The average molecular weight is 496 g/mol. The monoisotopic (exact) mass is 495 g/mol. The molecule has 31 heavy (non-hydrogen) atoms. The smallest absolute Gasteiger partial charge is 0.408 e. The molecule has 2 atom stereocenters. The van der Waals surface area contributed by atoms with Crippen LogP contribution in [0.1, 0.15) is 32.4 Å². The van der Waals surface area contributed by atoms with E-state index in [2.05, 4.69) is 26.2 Å². The normalized spacial score (nSPS) is 12.9. The molecule has 2 rings (SSSR count). The molecule has 1 amide bonds. The van der Waals surface area contributed by atoms with Gasteiger partial charge < -0.3 is 19.5 Å². The van der Waals surface area contributed by atoms with Gasteiger partial charge in [0, 0.05) is 6.20 Å². The van der Waals surface area contributed by atoms with Gasteiger partial charge in [-0.15, -0.1) is 0 Å². The highest BCUT2D eigenvalue weighted by atomic mass is 79.9. The molecule has 1 N–H and O–H groups in total. The maximum absolute atomic E-state index is 12.7. The highest BCUT2D eigenvalue weighted by molar-refractivity contribution is 9.10. The summed E-state index contributed by atoms with van der Waals surface area (Å²) in [6, 6.07) is 7.42. The number of carbonyl (C=O) groups excluding carboxylic acids is 2. The number of amides is 1. The van der Waals surface area contributed by atoms with Crippen LogP contribution < -0.4 is 10.1 Å². The first-order valence-electron chi connectivity index (χ1n) is 9.10. The van der Waals surface area contributed by atoms with Crippen molar-refractivity contribution in [1.82, 2.24) is 10.3 Å². The Morgan fingerprint density at radius 1 is 1.19 bits per heavy atom. The molecule has 11 heteroatoms. The maximum Gasteiger partial charge on any atom is 0.408 e. The number of carbonyl (C=O) groups is 2. The Kier molecular flexibility index (Phi) is 7.92. The number of hydrogen-bond donors (Lipinski definition) is 1. The minimum atomic E-state index is -1.47. The molecule has 10 nitrogen and oxygen atoms in total. The molecule has 0 saturated carbocycles. The third kappa shape index (κ3) is 6.64.